The monoisotopic (exact) mass is 506 g/mol. The number of hydrogen-bond acceptors (Lipinski definition) is 5. The third-order valence-corrected chi connectivity index (χ3v) is 7.34. The molecule has 7 nitrogen and oxygen atoms in total. The molecule has 0 saturated carbocycles. The third kappa shape index (κ3) is 5.54. The number of carbonyl (C=O) groups excluding carboxylic acids is 1. The van der Waals surface area contributed by atoms with Gasteiger partial charge in [-0.1, -0.05) is 48.5 Å². The highest BCUT2D eigenvalue weighted by atomic mass is 32.2. The van der Waals surface area contributed by atoms with Crippen molar-refractivity contribution in [3.63, 3.8) is 0 Å². The summed E-state index contributed by atoms with van der Waals surface area (Å²) in [6.45, 7) is 0.402. The quantitative estimate of drug-likeness (QED) is 0.321. The first-order valence-electron chi connectivity index (χ1n) is 11.4. The van der Waals surface area contributed by atoms with E-state index in [-0.39, 0.29) is 16.2 Å². The highest BCUT2D eigenvalue weighted by Gasteiger charge is 2.24. The van der Waals surface area contributed by atoms with E-state index in [1.807, 2.05) is 30.3 Å². The number of rotatable bonds is 9. The highest BCUT2D eigenvalue weighted by Crippen LogP contribution is 2.29. The lowest BCUT2D eigenvalue weighted by atomic mass is 10.1. The molecule has 0 bridgehead atoms. The van der Waals surface area contributed by atoms with Crippen molar-refractivity contribution in [3.05, 3.63) is 108 Å². The fourth-order valence-electron chi connectivity index (χ4n) is 3.91. The molecule has 0 aliphatic carbocycles. The molecule has 1 heterocycles. The molecular formula is C27H27FN4O3S. The Balaban J connectivity index is 1.63. The minimum Gasteiger partial charge on any atom is -0.325 e. The zero-order valence-corrected chi connectivity index (χ0v) is 20.5. The first-order chi connectivity index (χ1) is 17.3. The third-order valence-electron chi connectivity index (χ3n) is 5.67. The number of halogens is 1. The standard InChI is InChI=1S/C27H27FN4O3S/c1-30-17-20-15-26(23-12-5-6-13-24(23)28)32(18-20)36(34,35)22-11-7-10-21(16-22)31-27(33)25(29)14-19-8-3-2-4-9-19/h2-13,15-16,18,25,30H,14,17,29H2,1H3,(H,31,33)/t25-/m0/s1. The lowest BCUT2D eigenvalue weighted by Crippen LogP contribution is -2.37. The van der Waals surface area contributed by atoms with Crippen molar-refractivity contribution in [3.8, 4) is 11.3 Å². The van der Waals surface area contributed by atoms with Crippen LogP contribution in [0.15, 0.2) is 96.0 Å². The zero-order valence-electron chi connectivity index (χ0n) is 19.7. The molecule has 1 amide bonds. The van der Waals surface area contributed by atoms with Gasteiger partial charge in [0.15, 0.2) is 0 Å². The van der Waals surface area contributed by atoms with Crippen molar-refractivity contribution in [2.24, 2.45) is 5.73 Å². The lowest BCUT2D eigenvalue weighted by Gasteiger charge is -2.14. The molecule has 0 unspecified atom stereocenters. The van der Waals surface area contributed by atoms with E-state index in [4.69, 9.17) is 5.73 Å². The van der Waals surface area contributed by atoms with E-state index in [1.54, 1.807) is 31.3 Å². The molecular weight excluding hydrogens is 479 g/mol. The number of nitrogens with two attached hydrogens (primary N) is 1. The summed E-state index contributed by atoms with van der Waals surface area (Å²) in [5, 5.41) is 5.68. The summed E-state index contributed by atoms with van der Waals surface area (Å²) in [6, 6.07) is 22.1. The van der Waals surface area contributed by atoms with Gasteiger partial charge in [-0.25, -0.2) is 16.8 Å². The van der Waals surface area contributed by atoms with Gasteiger partial charge in [-0.2, -0.15) is 0 Å². The molecule has 0 spiro atoms. The average Bonchev–Trinajstić information content (AvgIpc) is 3.30. The molecule has 3 aromatic carbocycles. The molecule has 1 atom stereocenters. The van der Waals surface area contributed by atoms with Crippen molar-refractivity contribution in [1.29, 1.82) is 0 Å². The van der Waals surface area contributed by atoms with Gasteiger partial charge in [0.05, 0.1) is 16.6 Å². The fourth-order valence-corrected chi connectivity index (χ4v) is 5.34. The lowest BCUT2D eigenvalue weighted by molar-refractivity contribution is -0.117. The SMILES string of the molecule is CNCc1cc(-c2ccccc2F)n(S(=O)(=O)c2cccc(NC(=O)[C@@H](N)Cc3ccccc3)c2)c1. The number of hydrogen-bond donors (Lipinski definition) is 3. The van der Waals surface area contributed by atoms with Crippen LogP contribution < -0.4 is 16.4 Å². The van der Waals surface area contributed by atoms with Gasteiger partial charge in [0.1, 0.15) is 5.82 Å². The normalized spacial score (nSPS) is 12.3. The molecule has 9 heteroatoms. The maximum Gasteiger partial charge on any atom is 0.268 e. The second kappa shape index (κ2) is 10.9. The van der Waals surface area contributed by atoms with Crippen molar-refractivity contribution < 1.29 is 17.6 Å². The molecule has 4 N–H and O–H groups in total. The number of carbonyl (C=O) groups is 1. The molecule has 1 aromatic heterocycles. The van der Waals surface area contributed by atoms with E-state index < -0.39 is 27.8 Å². The Labute approximate surface area is 209 Å². The molecule has 4 aromatic rings. The van der Waals surface area contributed by atoms with Crippen molar-refractivity contribution in [2.75, 3.05) is 12.4 Å². The van der Waals surface area contributed by atoms with Gasteiger partial charge in [0.2, 0.25) is 5.91 Å². The number of amides is 1. The van der Waals surface area contributed by atoms with Gasteiger partial charge in [-0.05, 0) is 61.0 Å². The van der Waals surface area contributed by atoms with Crippen LogP contribution >= 0.6 is 0 Å². The molecule has 0 fully saturated rings. The summed E-state index contributed by atoms with van der Waals surface area (Å²) >= 11 is 0. The Morgan fingerprint density at radius 2 is 1.69 bits per heavy atom. The van der Waals surface area contributed by atoms with Gasteiger partial charge >= 0.3 is 0 Å². The minimum atomic E-state index is -4.12. The molecule has 0 saturated heterocycles. The Hall–Kier alpha value is -3.79. The number of nitrogens with one attached hydrogen (secondary N) is 2. The molecule has 4 rings (SSSR count). The van der Waals surface area contributed by atoms with Crippen LogP contribution in [0.2, 0.25) is 0 Å². The van der Waals surface area contributed by atoms with Crippen LogP contribution in [0, 0.1) is 5.82 Å². The first-order valence-corrected chi connectivity index (χ1v) is 12.8. The molecule has 0 aliphatic heterocycles. The van der Waals surface area contributed by atoms with Crippen LogP contribution in [0.3, 0.4) is 0 Å². The summed E-state index contributed by atoms with van der Waals surface area (Å²) in [5.74, 6) is -0.964. The Kier molecular flexibility index (Phi) is 7.64. The molecule has 186 valence electrons. The van der Waals surface area contributed by atoms with Crippen LogP contribution in [0.1, 0.15) is 11.1 Å². The maximum absolute atomic E-state index is 14.6. The highest BCUT2D eigenvalue weighted by molar-refractivity contribution is 7.90. The molecule has 0 aliphatic rings. The first kappa shape index (κ1) is 25.3. The second-order valence-corrected chi connectivity index (χ2v) is 10.2. The van der Waals surface area contributed by atoms with Gasteiger partial charge in [-0.3, -0.25) is 4.79 Å². The van der Waals surface area contributed by atoms with E-state index in [9.17, 15) is 17.6 Å². The Morgan fingerprint density at radius 1 is 0.972 bits per heavy atom. The maximum atomic E-state index is 14.6. The number of anilines is 1. The van der Waals surface area contributed by atoms with Crippen LogP contribution in [0.5, 0.6) is 0 Å². The predicted octanol–water partition coefficient (Wildman–Crippen LogP) is 3.76. The Bertz CT molecular complexity index is 1470. The van der Waals surface area contributed by atoms with E-state index in [2.05, 4.69) is 10.6 Å². The summed E-state index contributed by atoms with van der Waals surface area (Å²) in [4.78, 5) is 12.6. The van der Waals surface area contributed by atoms with Gasteiger partial charge in [0, 0.05) is 24.0 Å². The number of nitrogens with zero attached hydrogens (tertiary/aromatic N) is 1. The summed E-state index contributed by atoms with van der Waals surface area (Å²) in [5.41, 5.74) is 8.32. The van der Waals surface area contributed by atoms with Crippen molar-refractivity contribution in [1.82, 2.24) is 9.29 Å². The predicted molar refractivity (Wildman–Crippen MR) is 138 cm³/mol. The van der Waals surface area contributed by atoms with E-state index in [1.165, 1.54) is 36.5 Å². The number of aromatic nitrogens is 1. The van der Waals surface area contributed by atoms with Gasteiger partial charge in [0.25, 0.3) is 10.0 Å². The summed E-state index contributed by atoms with van der Waals surface area (Å²) < 4.78 is 43.0. The van der Waals surface area contributed by atoms with Crippen LogP contribution in [0.25, 0.3) is 11.3 Å². The topological polar surface area (TPSA) is 106 Å². The average molecular weight is 507 g/mol. The van der Waals surface area contributed by atoms with Crippen LogP contribution in [-0.2, 0) is 27.8 Å². The zero-order chi connectivity index (χ0) is 25.7. The Morgan fingerprint density at radius 3 is 2.42 bits per heavy atom. The van der Waals surface area contributed by atoms with Crippen LogP contribution in [-0.4, -0.2) is 31.4 Å². The van der Waals surface area contributed by atoms with E-state index >= 15 is 0 Å². The van der Waals surface area contributed by atoms with Gasteiger partial charge in [-0.15, -0.1) is 0 Å². The minimum absolute atomic E-state index is 0.0545. The van der Waals surface area contributed by atoms with Crippen LogP contribution in [0.4, 0.5) is 10.1 Å². The van der Waals surface area contributed by atoms with Crippen molar-refractivity contribution in [2.45, 2.75) is 23.9 Å². The fraction of sp³-hybridized carbons (Fsp3) is 0.148. The van der Waals surface area contributed by atoms with Crippen molar-refractivity contribution >= 4 is 21.6 Å². The second-order valence-electron chi connectivity index (χ2n) is 8.36. The van der Waals surface area contributed by atoms with Gasteiger partial charge < -0.3 is 16.4 Å². The summed E-state index contributed by atoms with van der Waals surface area (Å²) in [6.07, 6.45) is 1.81. The largest absolute Gasteiger partial charge is 0.325 e. The summed E-state index contributed by atoms with van der Waals surface area (Å²) in [7, 11) is -2.38. The van der Waals surface area contributed by atoms with E-state index in [0.717, 1.165) is 9.54 Å². The molecule has 36 heavy (non-hydrogen) atoms. The number of benzene rings is 3. The smallest absolute Gasteiger partial charge is 0.268 e. The van der Waals surface area contributed by atoms with E-state index in [0.29, 0.717) is 24.2 Å². The molecule has 0 radical (unpaired) electrons.